The van der Waals surface area contributed by atoms with E-state index in [1.54, 1.807) is 0 Å². The van der Waals surface area contributed by atoms with Crippen molar-refractivity contribution in [3.8, 4) is 0 Å². The van der Waals surface area contributed by atoms with Gasteiger partial charge in [-0.25, -0.2) is 13.8 Å². The third-order valence-electron chi connectivity index (χ3n) is 5.52. The number of rotatable bonds is 4. The molecule has 1 amide bonds. The van der Waals surface area contributed by atoms with Gasteiger partial charge >= 0.3 is 0 Å². The predicted octanol–water partition coefficient (Wildman–Crippen LogP) is 3.08. The van der Waals surface area contributed by atoms with E-state index in [2.05, 4.69) is 15.2 Å². The van der Waals surface area contributed by atoms with Gasteiger partial charge < -0.3 is 5.73 Å². The van der Waals surface area contributed by atoms with Crippen molar-refractivity contribution in [3.63, 3.8) is 0 Å². The van der Waals surface area contributed by atoms with E-state index in [1.165, 1.54) is 0 Å². The fraction of sp³-hybridized carbons (Fsp3) is 0.550. The molecule has 1 aromatic rings. The molecular formula is C20H26F2N4OS. The molecule has 1 atom stereocenters. The molecule has 2 fully saturated rings. The number of nitrogens with zero attached hydrogens (tertiary/aromatic N) is 2. The molecule has 1 saturated carbocycles. The number of thiocarbonyl (C=S) groups is 1. The van der Waals surface area contributed by atoms with E-state index < -0.39 is 5.92 Å². The summed E-state index contributed by atoms with van der Waals surface area (Å²) in [6, 6.07) is 8.89. The van der Waals surface area contributed by atoms with E-state index >= 15 is 0 Å². The van der Waals surface area contributed by atoms with Crippen LogP contribution in [0.3, 0.4) is 0 Å². The Balaban J connectivity index is 1.53. The number of nitrogens with two attached hydrogens (primary N) is 1. The highest BCUT2D eigenvalue weighted by Gasteiger charge is 2.38. The molecule has 1 aliphatic heterocycles. The Labute approximate surface area is 169 Å². The smallest absolute Gasteiger partial charge is 0.248 e. The van der Waals surface area contributed by atoms with Gasteiger partial charge in [-0.05, 0) is 50.4 Å². The van der Waals surface area contributed by atoms with Crippen LogP contribution in [0.15, 0.2) is 35.3 Å². The first-order chi connectivity index (χ1) is 13.3. The predicted molar refractivity (Wildman–Crippen MR) is 109 cm³/mol. The van der Waals surface area contributed by atoms with Gasteiger partial charge in [0, 0.05) is 24.9 Å². The third-order valence-corrected chi connectivity index (χ3v) is 5.71. The van der Waals surface area contributed by atoms with E-state index in [4.69, 9.17) is 18.0 Å². The van der Waals surface area contributed by atoms with Crippen molar-refractivity contribution in [3.05, 3.63) is 35.9 Å². The van der Waals surface area contributed by atoms with Crippen LogP contribution in [0.2, 0.25) is 0 Å². The number of aliphatic imine (C=N–C) groups is 1. The summed E-state index contributed by atoms with van der Waals surface area (Å²) < 4.78 is 26.7. The average Bonchev–Trinajstić information content (AvgIpc) is 3.12. The third kappa shape index (κ3) is 5.54. The number of carbonyl (C=O) groups excluding carboxylic acids is 1. The summed E-state index contributed by atoms with van der Waals surface area (Å²) in [4.78, 5) is 18.9. The maximum absolute atomic E-state index is 13.4. The number of hydrogen-bond acceptors (Lipinski definition) is 3. The molecule has 1 unspecified atom stereocenters. The molecule has 1 aromatic carbocycles. The molecule has 0 radical (unpaired) electrons. The van der Waals surface area contributed by atoms with Gasteiger partial charge in [-0.15, -0.1) is 0 Å². The van der Waals surface area contributed by atoms with Gasteiger partial charge in [0.1, 0.15) is 5.84 Å². The van der Waals surface area contributed by atoms with E-state index in [0.29, 0.717) is 19.4 Å². The van der Waals surface area contributed by atoms with Gasteiger partial charge in [0.05, 0.1) is 6.04 Å². The quantitative estimate of drug-likeness (QED) is 0.456. The van der Waals surface area contributed by atoms with Crippen LogP contribution >= 0.6 is 12.2 Å². The maximum atomic E-state index is 13.4. The Kier molecular flexibility index (Phi) is 6.72. The molecule has 0 spiro atoms. The van der Waals surface area contributed by atoms with E-state index in [-0.39, 0.29) is 41.7 Å². The normalized spacial score (nSPS) is 23.5. The second kappa shape index (κ2) is 9.05. The Morgan fingerprint density at radius 3 is 2.61 bits per heavy atom. The first-order valence-electron chi connectivity index (χ1n) is 9.70. The zero-order chi connectivity index (χ0) is 20.1. The summed E-state index contributed by atoms with van der Waals surface area (Å²) in [5, 5.41) is 2.70. The molecule has 8 heteroatoms. The second-order valence-corrected chi connectivity index (χ2v) is 8.00. The number of amides is 1. The molecule has 2 aliphatic rings. The lowest BCUT2D eigenvalue weighted by Crippen LogP contribution is -2.46. The number of halogens is 2. The topological polar surface area (TPSA) is 70.7 Å². The maximum Gasteiger partial charge on any atom is 0.248 e. The summed E-state index contributed by atoms with van der Waals surface area (Å²) in [6.45, 7) is 1.48. The lowest BCUT2D eigenvalue weighted by atomic mass is 9.86. The number of likely N-dealkylation sites (tertiary alicyclic amines) is 1. The van der Waals surface area contributed by atoms with Crippen LogP contribution in [0.5, 0.6) is 0 Å². The lowest BCUT2D eigenvalue weighted by Gasteiger charge is -2.33. The number of amidine groups is 1. The largest absolute Gasteiger partial charge is 0.383 e. The molecular weight excluding hydrogens is 382 g/mol. The highest BCUT2D eigenvalue weighted by molar-refractivity contribution is 7.80. The zero-order valence-electron chi connectivity index (χ0n) is 15.7. The molecule has 28 heavy (non-hydrogen) atoms. The van der Waals surface area contributed by atoms with E-state index in [9.17, 15) is 13.6 Å². The number of hydrogen-bond donors (Lipinski definition) is 2. The molecule has 3 rings (SSSR count). The van der Waals surface area contributed by atoms with Crippen LogP contribution in [0, 0.1) is 5.92 Å². The molecule has 152 valence electrons. The summed E-state index contributed by atoms with van der Waals surface area (Å²) in [5.74, 6) is -2.27. The fourth-order valence-corrected chi connectivity index (χ4v) is 4.15. The van der Waals surface area contributed by atoms with Gasteiger partial charge in [-0.1, -0.05) is 30.3 Å². The van der Waals surface area contributed by atoms with Gasteiger partial charge in [0.15, 0.2) is 0 Å². The Bertz CT molecular complexity index is 731. The minimum atomic E-state index is -2.53. The van der Waals surface area contributed by atoms with Crippen molar-refractivity contribution in [2.24, 2.45) is 16.6 Å². The minimum Gasteiger partial charge on any atom is -0.383 e. The lowest BCUT2D eigenvalue weighted by molar-refractivity contribution is -0.124. The van der Waals surface area contributed by atoms with Crippen molar-refractivity contribution in [1.29, 1.82) is 0 Å². The van der Waals surface area contributed by atoms with Gasteiger partial charge in [-0.3, -0.25) is 15.0 Å². The van der Waals surface area contributed by atoms with Crippen molar-refractivity contribution in [2.45, 2.75) is 50.5 Å². The monoisotopic (exact) mass is 408 g/mol. The molecule has 0 bridgehead atoms. The van der Waals surface area contributed by atoms with Gasteiger partial charge in [0.2, 0.25) is 16.9 Å². The van der Waals surface area contributed by atoms with Gasteiger partial charge in [0.25, 0.3) is 0 Å². The number of benzene rings is 1. The number of alkyl halides is 2. The average molecular weight is 409 g/mol. The van der Waals surface area contributed by atoms with Crippen molar-refractivity contribution >= 4 is 29.1 Å². The molecule has 1 aliphatic carbocycles. The molecule has 1 saturated heterocycles. The first-order valence-corrected chi connectivity index (χ1v) is 10.1. The molecule has 3 N–H and O–H groups in total. The van der Waals surface area contributed by atoms with E-state index in [0.717, 1.165) is 24.9 Å². The summed E-state index contributed by atoms with van der Waals surface area (Å²) in [6.07, 6.45) is 2.54. The summed E-state index contributed by atoms with van der Waals surface area (Å²) in [7, 11) is 0. The van der Waals surface area contributed by atoms with Crippen LogP contribution in [0.1, 0.15) is 44.1 Å². The van der Waals surface area contributed by atoms with Crippen LogP contribution in [-0.2, 0) is 4.79 Å². The zero-order valence-corrected chi connectivity index (χ0v) is 16.6. The van der Waals surface area contributed by atoms with Crippen LogP contribution in [0.25, 0.3) is 0 Å². The summed E-state index contributed by atoms with van der Waals surface area (Å²) >= 11 is 5.17. The standard InChI is InChI=1S/C20H26F2N4OS/c21-20(22)10-8-14(9-11-20)13-26-12-4-7-16(26)18(27)25-19(28)24-17(23)15-5-2-1-3-6-15/h1-3,5-6,14,16H,4,7-13H2,(H3,23,24,25,27,28). The number of nitrogens with one attached hydrogen (secondary N) is 1. The first kappa shape index (κ1) is 20.8. The second-order valence-electron chi connectivity index (χ2n) is 7.61. The Hall–Kier alpha value is -1.93. The summed E-state index contributed by atoms with van der Waals surface area (Å²) in [5.41, 5.74) is 6.67. The van der Waals surface area contributed by atoms with Crippen molar-refractivity contribution in [2.75, 3.05) is 13.1 Å². The molecule has 1 heterocycles. The molecule has 0 aromatic heterocycles. The van der Waals surface area contributed by atoms with Gasteiger partial charge in [-0.2, -0.15) is 0 Å². The Morgan fingerprint density at radius 2 is 1.93 bits per heavy atom. The van der Waals surface area contributed by atoms with Crippen molar-refractivity contribution < 1.29 is 13.6 Å². The SMILES string of the molecule is NC(=NC(=S)NC(=O)C1CCCN1CC1CCC(F)(F)CC1)c1ccccc1. The number of carbonyl (C=O) groups is 1. The fourth-order valence-electron chi connectivity index (χ4n) is 3.96. The molecule has 5 nitrogen and oxygen atoms in total. The van der Waals surface area contributed by atoms with Crippen molar-refractivity contribution in [1.82, 2.24) is 10.2 Å². The highest BCUT2D eigenvalue weighted by atomic mass is 32.1. The van der Waals surface area contributed by atoms with Crippen LogP contribution in [0.4, 0.5) is 8.78 Å². The Morgan fingerprint density at radius 1 is 1.25 bits per heavy atom. The minimum absolute atomic E-state index is 0.0375. The van der Waals surface area contributed by atoms with Crippen LogP contribution < -0.4 is 11.1 Å². The van der Waals surface area contributed by atoms with Crippen LogP contribution in [-0.4, -0.2) is 46.8 Å². The van der Waals surface area contributed by atoms with E-state index in [1.807, 2.05) is 30.3 Å². The highest BCUT2D eigenvalue weighted by Crippen LogP contribution is 2.37.